The van der Waals surface area contributed by atoms with Gasteiger partial charge in [0.05, 0.1) is 4.92 Å². The van der Waals surface area contributed by atoms with E-state index >= 15 is 0 Å². The highest BCUT2D eigenvalue weighted by Gasteiger charge is 2.10. The van der Waals surface area contributed by atoms with Crippen molar-refractivity contribution in [3.05, 3.63) is 75.4 Å². The molecule has 2 aromatic rings. The maximum Gasteiger partial charge on any atom is 0.271 e. The van der Waals surface area contributed by atoms with Crippen molar-refractivity contribution >= 4 is 34.6 Å². The Kier molecular flexibility index (Phi) is 5.49. The summed E-state index contributed by atoms with van der Waals surface area (Å²) < 4.78 is 0. The Morgan fingerprint density at radius 1 is 1.21 bits per heavy atom. The number of rotatable bonds is 5. The molecular weight excluding hydrogens is 332 g/mol. The lowest BCUT2D eigenvalue weighted by molar-refractivity contribution is -0.384. The van der Waals surface area contributed by atoms with Crippen LogP contribution in [-0.4, -0.2) is 10.8 Å². The zero-order valence-electron chi connectivity index (χ0n) is 12.2. The number of nitriles is 1. The predicted molar refractivity (Wildman–Crippen MR) is 90.5 cm³/mol. The van der Waals surface area contributed by atoms with E-state index < -0.39 is 10.8 Å². The van der Waals surface area contributed by atoms with Crippen LogP contribution in [0.2, 0.25) is 5.02 Å². The maximum absolute atomic E-state index is 12.0. The molecule has 2 aromatic carbocycles. The van der Waals surface area contributed by atoms with Gasteiger partial charge in [-0.15, -0.1) is 0 Å². The molecule has 0 saturated carbocycles. The van der Waals surface area contributed by atoms with Crippen LogP contribution in [0.25, 0.3) is 0 Å². The first kappa shape index (κ1) is 17.0. The average Bonchev–Trinajstić information content (AvgIpc) is 2.57. The van der Waals surface area contributed by atoms with Crippen LogP contribution in [-0.2, 0) is 4.79 Å². The molecule has 0 radical (unpaired) electrons. The van der Waals surface area contributed by atoms with E-state index in [-0.39, 0.29) is 11.3 Å². The Balaban J connectivity index is 2.10. The number of benzene rings is 2. The standard InChI is InChI=1S/C16H11ClN4O3/c17-12-4-6-13(7-5-12)20-16(22)11(9-18)10-19-14-2-1-3-15(8-14)21(23)24/h1-8,10,19H,(H,20,22)/b11-10-. The van der Waals surface area contributed by atoms with Crippen molar-refractivity contribution in [3.63, 3.8) is 0 Å². The minimum atomic E-state index is -0.613. The molecule has 2 N–H and O–H groups in total. The molecule has 0 fully saturated rings. The third-order valence-electron chi connectivity index (χ3n) is 2.91. The number of carbonyl (C=O) groups excluding carboxylic acids is 1. The van der Waals surface area contributed by atoms with Gasteiger partial charge in [-0.25, -0.2) is 0 Å². The Morgan fingerprint density at radius 2 is 1.92 bits per heavy atom. The number of nitrogens with zero attached hydrogens (tertiary/aromatic N) is 2. The molecule has 7 nitrogen and oxygen atoms in total. The summed E-state index contributed by atoms with van der Waals surface area (Å²) in [6.45, 7) is 0. The molecule has 0 unspecified atom stereocenters. The monoisotopic (exact) mass is 342 g/mol. The van der Waals surface area contributed by atoms with Crippen molar-refractivity contribution in [2.75, 3.05) is 10.6 Å². The second kappa shape index (κ2) is 7.76. The van der Waals surface area contributed by atoms with Gasteiger partial charge in [-0.05, 0) is 30.3 Å². The van der Waals surface area contributed by atoms with Gasteiger partial charge in [0, 0.05) is 34.7 Å². The number of hydrogen-bond donors (Lipinski definition) is 2. The van der Waals surface area contributed by atoms with E-state index in [2.05, 4.69) is 10.6 Å². The van der Waals surface area contributed by atoms with Crippen LogP contribution in [0.4, 0.5) is 17.1 Å². The van der Waals surface area contributed by atoms with Crippen LogP contribution >= 0.6 is 11.6 Å². The molecular formula is C16H11ClN4O3. The summed E-state index contributed by atoms with van der Waals surface area (Å²) >= 11 is 5.76. The van der Waals surface area contributed by atoms with Crippen LogP contribution in [0, 0.1) is 21.4 Å². The van der Waals surface area contributed by atoms with Gasteiger partial charge in [-0.3, -0.25) is 14.9 Å². The molecule has 1 amide bonds. The fraction of sp³-hybridized carbons (Fsp3) is 0. The number of carbonyl (C=O) groups is 1. The highest BCUT2D eigenvalue weighted by molar-refractivity contribution is 6.30. The second-order valence-electron chi connectivity index (χ2n) is 4.58. The van der Waals surface area contributed by atoms with Crippen LogP contribution in [0.1, 0.15) is 0 Å². The molecule has 0 aliphatic carbocycles. The first-order valence-corrected chi connectivity index (χ1v) is 7.05. The molecule has 0 aliphatic heterocycles. The molecule has 0 bridgehead atoms. The van der Waals surface area contributed by atoms with Crippen molar-refractivity contribution in [3.8, 4) is 6.07 Å². The first-order chi connectivity index (χ1) is 11.5. The second-order valence-corrected chi connectivity index (χ2v) is 5.02. The highest BCUT2D eigenvalue weighted by atomic mass is 35.5. The van der Waals surface area contributed by atoms with Gasteiger partial charge in [0.25, 0.3) is 11.6 Å². The Hall–Kier alpha value is -3.37. The van der Waals surface area contributed by atoms with E-state index in [0.717, 1.165) is 0 Å². The summed E-state index contributed by atoms with van der Waals surface area (Å²) in [5.41, 5.74) is 0.589. The minimum Gasteiger partial charge on any atom is -0.360 e. The molecule has 0 aliphatic rings. The summed E-state index contributed by atoms with van der Waals surface area (Å²) in [6.07, 6.45) is 1.18. The highest BCUT2D eigenvalue weighted by Crippen LogP contribution is 2.18. The number of nitrogens with one attached hydrogen (secondary N) is 2. The van der Waals surface area contributed by atoms with Gasteiger partial charge in [-0.2, -0.15) is 5.26 Å². The largest absolute Gasteiger partial charge is 0.360 e. The topological polar surface area (TPSA) is 108 Å². The average molecular weight is 343 g/mol. The summed E-state index contributed by atoms with van der Waals surface area (Å²) in [5.74, 6) is -0.613. The van der Waals surface area contributed by atoms with Crippen molar-refractivity contribution in [2.45, 2.75) is 0 Å². The van der Waals surface area contributed by atoms with E-state index in [0.29, 0.717) is 16.4 Å². The molecule has 24 heavy (non-hydrogen) atoms. The zero-order chi connectivity index (χ0) is 17.5. The predicted octanol–water partition coefficient (Wildman–Crippen LogP) is 3.71. The Bertz CT molecular complexity index is 841. The maximum atomic E-state index is 12.0. The van der Waals surface area contributed by atoms with Gasteiger partial charge >= 0.3 is 0 Å². The summed E-state index contributed by atoms with van der Waals surface area (Å²) in [5, 5.41) is 25.6. The third-order valence-corrected chi connectivity index (χ3v) is 3.16. The van der Waals surface area contributed by atoms with E-state index in [1.807, 2.05) is 0 Å². The lowest BCUT2D eigenvalue weighted by Gasteiger charge is -2.05. The molecule has 0 aromatic heterocycles. The Labute approximate surface area is 142 Å². The van der Waals surface area contributed by atoms with Gasteiger partial charge in [-0.1, -0.05) is 17.7 Å². The molecule has 120 valence electrons. The van der Waals surface area contributed by atoms with Crippen molar-refractivity contribution in [2.24, 2.45) is 0 Å². The van der Waals surface area contributed by atoms with Crippen LogP contribution in [0.15, 0.2) is 60.3 Å². The van der Waals surface area contributed by atoms with Gasteiger partial charge in [0.2, 0.25) is 0 Å². The van der Waals surface area contributed by atoms with Crippen LogP contribution < -0.4 is 10.6 Å². The van der Waals surface area contributed by atoms with Crippen LogP contribution in [0.3, 0.4) is 0 Å². The minimum absolute atomic E-state index is 0.0995. The van der Waals surface area contributed by atoms with Crippen molar-refractivity contribution in [1.82, 2.24) is 0 Å². The number of anilines is 2. The van der Waals surface area contributed by atoms with Gasteiger partial charge in [0.15, 0.2) is 0 Å². The SMILES string of the molecule is N#C/C(=C/Nc1cccc([N+](=O)[O-])c1)C(=O)Nc1ccc(Cl)cc1. The molecule has 0 spiro atoms. The van der Waals surface area contributed by atoms with E-state index in [4.69, 9.17) is 16.9 Å². The van der Waals surface area contributed by atoms with Gasteiger partial charge in [0.1, 0.15) is 11.6 Å². The number of nitro groups is 1. The van der Waals surface area contributed by atoms with E-state index in [1.165, 1.54) is 24.4 Å². The summed E-state index contributed by atoms with van der Waals surface area (Å²) in [6, 6.07) is 13.9. The summed E-state index contributed by atoms with van der Waals surface area (Å²) in [7, 11) is 0. The van der Waals surface area contributed by atoms with Gasteiger partial charge < -0.3 is 10.6 Å². The fourth-order valence-corrected chi connectivity index (χ4v) is 1.87. The number of halogens is 1. The number of amides is 1. The van der Waals surface area contributed by atoms with E-state index in [9.17, 15) is 14.9 Å². The number of nitro benzene ring substituents is 1. The molecule has 2 rings (SSSR count). The molecule has 0 saturated heterocycles. The lowest BCUT2D eigenvalue weighted by atomic mass is 10.2. The lowest BCUT2D eigenvalue weighted by Crippen LogP contribution is -2.14. The number of non-ortho nitro benzene ring substituents is 1. The smallest absolute Gasteiger partial charge is 0.271 e. The first-order valence-electron chi connectivity index (χ1n) is 6.68. The third kappa shape index (κ3) is 4.56. The quantitative estimate of drug-likeness (QED) is 0.372. The molecule has 8 heteroatoms. The molecule has 0 atom stereocenters. The van der Waals surface area contributed by atoms with Crippen LogP contribution in [0.5, 0.6) is 0 Å². The van der Waals surface area contributed by atoms with Crippen molar-refractivity contribution in [1.29, 1.82) is 5.26 Å². The van der Waals surface area contributed by atoms with Crippen molar-refractivity contribution < 1.29 is 9.72 Å². The Morgan fingerprint density at radius 3 is 2.54 bits per heavy atom. The van der Waals surface area contributed by atoms with E-state index in [1.54, 1.807) is 36.4 Å². The zero-order valence-corrected chi connectivity index (χ0v) is 12.9. The summed E-state index contributed by atoms with van der Waals surface area (Å²) in [4.78, 5) is 22.2. The fourth-order valence-electron chi connectivity index (χ4n) is 1.75. The molecule has 0 heterocycles. The normalized spacial score (nSPS) is 10.6. The number of hydrogen-bond acceptors (Lipinski definition) is 5.